The Labute approximate surface area is 173 Å². The number of thioether (sulfide) groups is 1. The average molecular weight is 411 g/mol. The molecule has 0 spiro atoms. The summed E-state index contributed by atoms with van der Waals surface area (Å²) in [6, 6.07) is 15.7. The lowest BCUT2D eigenvalue weighted by Gasteiger charge is -2.09. The van der Waals surface area contributed by atoms with Gasteiger partial charge in [0.1, 0.15) is 5.25 Å². The van der Waals surface area contributed by atoms with Gasteiger partial charge < -0.3 is 10.1 Å². The van der Waals surface area contributed by atoms with Gasteiger partial charge in [-0.25, -0.2) is 9.79 Å². The molecule has 2 aromatic carbocycles. The molecule has 0 unspecified atom stereocenters. The minimum absolute atomic E-state index is 0.0591. The topological polar surface area (TPSA) is 88.1 Å². The first-order valence-electron chi connectivity index (χ1n) is 9.13. The van der Waals surface area contributed by atoms with Crippen LogP contribution in [-0.4, -0.2) is 46.8 Å². The van der Waals surface area contributed by atoms with Gasteiger partial charge >= 0.3 is 5.97 Å². The van der Waals surface area contributed by atoms with Crippen LogP contribution in [0.3, 0.4) is 0 Å². The second kappa shape index (κ2) is 9.38. The number of para-hydroxylation sites is 1. The lowest BCUT2D eigenvalue weighted by atomic mass is 10.2. The molecule has 2 aromatic rings. The van der Waals surface area contributed by atoms with Crippen LogP contribution in [0.5, 0.6) is 0 Å². The highest BCUT2D eigenvalue weighted by Crippen LogP contribution is 2.30. The molecule has 1 aliphatic rings. The molecular formula is C21H21N3O4S. The standard InChI is InChI=1S/C21H21N3O4S/c1-3-28-20(27)14-9-11-16(12-10-14)23-21-24(2)19(26)17(29-21)13-18(25)22-15-7-5-4-6-8-15/h4-12,17H,3,13H2,1-2H3,(H,22,25)/t17-/m1/s1. The summed E-state index contributed by atoms with van der Waals surface area (Å²) < 4.78 is 4.96. The van der Waals surface area contributed by atoms with Crippen LogP contribution in [0.2, 0.25) is 0 Å². The lowest BCUT2D eigenvalue weighted by Crippen LogP contribution is -2.30. The monoisotopic (exact) mass is 411 g/mol. The van der Waals surface area contributed by atoms with Gasteiger partial charge in [0.05, 0.1) is 17.9 Å². The molecule has 150 valence electrons. The molecule has 0 bridgehead atoms. The highest BCUT2D eigenvalue weighted by molar-refractivity contribution is 8.15. The van der Waals surface area contributed by atoms with Crippen LogP contribution < -0.4 is 5.32 Å². The van der Waals surface area contributed by atoms with E-state index in [9.17, 15) is 14.4 Å². The predicted octanol–water partition coefficient (Wildman–Crippen LogP) is 3.45. The third-order valence-electron chi connectivity index (χ3n) is 4.17. The van der Waals surface area contributed by atoms with Gasteiger partial charge in [0.25, 0.3) is 0 Å². The van der Waals surface area contributed by atoms with E-state index in [-0.39, 0.29) is 18.2 Å². The Hall–Kier alpha value is -3.13. The first kappa shape index (κ1) is 20.6. The Morgan fingerprint density at radius 2 is 1.83 bits per heavy atom. The van der Waals surface area contributed by atoms with E-state index in [4.69, 9.17) is 4.74 Å². The van der Waals surface area contributed by atoms with Gasteiger partial charge in [-0.1, -0.05) is 30.0 Å². The van der Waals surface area contributed by atoms with Gasteiger partial charge in [0, 0.05) is 19.2 Å². The fourth-order valence-electron chi connectivity index (χ4n) is 2.70. The van der Waals surface area contributed by atoms with E-state index in [1.54, 1.807) is 50.4 Å². The third kappa shape index (κ3) is 5.23. The largest absolute Gasteiger partial charge is 0.462 e. The second-order valence-corrected chi connectivity index (χ2v) is 7.45. The maximum Gasteiger partial charge on any atom is 0.338 e. The summed E-state index contributed by atoms with van der Waals surface area (Å²) in [7, 11) is 1.64. The number of amidine groups is 1. The maximum absolute atomic E-state index is 12.5. The van der Waals surface area contributed by atoms with Crippen molar-refractivity contribution >= 4 is 46.1 Å². The number of hydrogen-bond acceptors (Lipinski definition) is 6. The first-order chi connectivity index (χ1) is 14.0. The number of hydrogen-bond donors (Lipinski definition) is 1. The van der Waals surface area contributed by atoms with Crippen LogP contribution in [0, 0.1) is 0 Å². The summed E-state index contributed by atoms with van der Waals surface area (Å²) in [4.78, 5) is 42.4. The molecule has 29 heavy (non-hydrogen) atoms. The Morgan fingerprint density at radius 3 is 2.48 bits per heavy atom. The zero-order chi connectivity index (χ0) is 20.8. The van der Waals surface area contributed by atoms with Crippen molar-refractivity contribution in [3.05, 3.63) is 60.2 Å². The van der Waals surface area contributed by atoms with Gasteiger partial charge in [-0.2, -0.15) is 0 Å². The van der Waals surface area contributed by atoms with Gasteiger partial charge in [-0.05, 0) is 43.3 Å². The number of esters is 1. The highest BCUT2D eigenvalue weighted by Gasteiger charge is 2.37. The average Bonchev–Trinajstić information content (AvgIpc) is 2.97. The van der Waals surface area contributed by atoms with Crippen LogP contribution in [0.4, 0.5) is 11.4 Å². The van der Waals surface area contributed by atoms with Crippen LogP contribution in [0.25, 0.3) is 0 Å². The van der Waals surface area contributed by atoms with E-state index in [0.29, 0.717) is 28.7 Å². The van der Waals surface area contributed by atoms with Crippen LogP contribution in [-0.2, 0) is 14.3 Å². The Kier molecular flexibility index (Phi) is 6.66. The summed E-state index contributed by atoms with van der Waals surface area (Å²) >= 11 is 1.25. The Bertz CT molecular complexity index is 929. The van der Waals surface area contributed by atoms with Gasteiger partial charge in [0.15, 0.2) is 5.17 Å². The van der Waals surface area contributed by atoms with Crippen molar-refractivity contribution in [3.8, 4) is 0 Å². The number of ether oxygens (including phenoxy) is 1. The zero-order valence-electron chi connectivity index (χ0n) is 16.1. The van der Waals surface area contributed by atoms with Crippen molar-refractivity contribution in [2.75, 3.05) is 19.0 Å². The van der Waals surface area contributed by atoms with Crippen molar-refractivity contribution in [1.82, 2.24) is 4.90 Å². The third-order valence-corrected chi connectivity index (χ3v) is 5.40. The number of nitrogens with zero attached hydrogens (tertiary/aromatic N) is 2. The van der Waals surface area contributed by atoms with Crippen molar-refractivity contribution < 1.29 is 19.1 Å². The molecule has 1 atom stereocenters. The van der Waals surface area contributed by atoms with Crippen molar-refractivity contribution in [1.29, 1.82) is 0 Å². The summed E-state index contributed by atoms with van der Waals surface area (Å²) in [5.41, 5.74) is 1.74. The Morgan fingerprint density at radius 1 is 1.14 bits per heavy atom. The molecule has 8 heteroatoms. The van der Waals surface area contributed by atoms with Crippen LogP contribution in [0.15, 0.2) is 59.6 Å². The smallest absolute Gasteiger partial charge is 0.338 e. The number of amides is 2. The zero-order valence-corrected chi connectivity index (χ0v) is 16.9. The molecule has 3 rings (SSSR count). The van der Waals surface area contributed by atoms with E-state index in [1.165, 1.54) is 16.7 Å². The highest BCUT2D eigenvalue weighted by atomic mass is 32.2. The number of rotatable bonds is 6. The van der Waals surface area contributed by atoms with Crippen LogP contribution >= 0.6 is 11.8 Å². The predicted molar refractivity (Wildman–Crippen MR) is 113 cm³/mol. The summed E-state index contributed by atoms with van der Waals surface area (Å²) in [6.45, 7) is 2.06. The summed E-state index contributed by atoms with van der Waals surface area (Å²) in [5, 5.41) is 2.77. The maximum atomic E-state index is 12.5. The number of nitrogens with one attached hydrogen (secondary N) is 1. The van der Waals surface area contributed by atoms with Gasteiger partial charge in [0.2, 0.25) is 11.8 Å². The number of carbonyl (C=O) groups excluding carboxylic acids is 3. The molecule has 1 saturated heterocycles. The summed E-state index contributed by atoms with van der Waals surface area (Å²) in [6.07, 6.45) is 0.0591. The van der Waals surface area contributed by atoms with Crippen molar-refractivity contribution in [2.24, 2.45) is 4.99 Å². The van der Waals surface area contributed by atoms with Gasteiger partial charge in [-0.15, -0.1) is 0 Å². The lowest BCUT2D eigenvalue weighted by molar-refractivity contribution is -0.127. The normalized spacial score (nSPS) is 17.4. The fraction of sp³-hybridized carbons (Fsp3) is 0.238. The number of benzene rings is 2. The van der Waals surface area contributed by atoms with Crippen LogP contribution in [0.1, 0.15) is 23.7 Å². The molecule has 0 saturated carbocycles. The molecular weight excluding hydrogens is 390 g/mol. The molecule has 0 radical (unpaired) electrons. The molecule has 0 aromatic heterocycles. The van der Waals surface area contributed by atoms with E-state index >= 15 is 0 Å². The Balaban J connectivity index is 1.65. The number of aliphatic imine (C=N–C) groups is 1. The molecule has 2 amide bonds. The quantitative estimate of drug-likeness (QED) is 0.736. The van der Waals surface area contributed by atoms with E-state index in [0.717, 1.165) is 0 Å². The molecule has 1 aliphatic heterocycles. The summed E-state index contributed by atoms with van der Waals surface area (Å²) in [5.74, 6) is -0.783. The molecule has 7 nitrogen and oxygen atoms in total. The molecule has 1 N–H and O–H groups in total. The van der Waals surface area contributed by atoms with Gasteiger partial charge in [-0.3, -0.25) is 14.5 Å². The van der Waals surface area contributed by atoms with E-state index in [1.807, 2.05) is 18.2 Å². The molecule has 1 fully saturated rings. The first-order valence-corrected chi connectivity index (χ1v) is 10.0. The minimum atomic E-state index is -0.527. The fourth-order valence-corrected chi connectivity index (χ4v) is 3.85. The van der Waals surface area contributed by atoms with E-state index in [2.05, 4.69) is 10.3 Å². The van der Waals surface area contributed by atoms with E-state index < -0.39 is 11.2 Å². The molecule has 1 heterocycles. The van der Waals surface area contributed by atoms with Crippen molar-refractivity contribution in [2.45, 2.75) is 18.6 Å². The number of carbonyl (C=O) groups is 3. The minimum Gasteiger partial charge on any atom is -0.462 e. The second-order valence-electron chi connectivity index (χ2n) is 6.28. The molecule has 0 aliphatic carbocycles. The van der Waals surface area contributed by atoms with Crippen molar-refractivity contribution in [3.63, 3.8) is 0 Å². The number of anilines is 1. The SMILES string of the molecule is CCOC(=O)c1ccc(N=C2S[C@H](CC(=O)Nc3ccccc3)C(=O)N2C)cc1.